The van der Waals surface area contributed by atoms with Crippen LogP contribution in [0.15, 0.2) is 66.7 Å². The lowest BCUT2D eigenvalue weighted by molar-refractivity contribution is -0.136. The highest BCUT2D eigenvalue weighted by atomic mass is 35.5. The summed E-state index contributed by atoms with van der Waals surface area (Å²) in [6.07, 6.45) is 0.672. The van der Waals surface area contributed by atoms with Crippen LogP contribution in [0.2, 0.25) is 0 Å². The Morgan fingerprint density at radius 3 is 2.38 bits per heavy atom. The number of carboxylic acid groups (broad SMARTS) is 1. The van der Waals surface area contributed by atoms with Crippen LogP contribution >= 0.6 is 11.6 Å². The molecule has 162 valence electrons. The van der Waals surface area contributed by atoms with E-state index < -0.39 is 17.3 Å². The first-order valence-corrected chi connectivity index (χ1v) is 10.6. The Morgan fingerprint density at radius 2 is 1.66 bits per heavy atom. The standard InChI is InChI=1S/C25H21ClN2O4/c26-24(31)23(17-7-10-21-18(14-17)13-16-3-1-2-4-20(16)21)28-19-8-5-15(6-9-19)25(32)27-12-11-22(29)30/h1-10,14,23,28H,11-13H2,(H,27,32)(H,29,30). The number of rotatable bonds is 8. The molecule has 1 unspecified atom stereocenters. The first-order chi connectivity index (χ1) is 15.4. The van der Waals surface area contributed by atoms with E-state index in [2.05, 4.69) is 22.8 Å². The normalized spacial score (nSPS) is 12.4. The van der Waals surface area contributed by atoms with Crippen LogP contribution < -0.4 is 10.6 Å². The van der Waals surface area contributed by atoms with E-state index in [9.17, 15) is 14.4 Å². The molecule has 0 radical (unpaired) electrons. The summed E-state index contributed by atoms with van der Waals surface area (Å²) in [5.41, 5.74) is 6.60. The second kappa shape index (κ2) is 9.24. The number of fused-ring (bicyclic) bond motifs is 3. The van der Waals surface area contributed by atoms with Crippen molar-refractivity contribution in [2.75, 3.05) is 11.9 Å². The molecular formula is C25H21ClN2O4. The third-order valence-corrected chi connectivity index (χ3v) is 5.68. The molecule has 0 fully saturated rings. The van der Waals surface area contributed by atoms with Crippen molar-refractivity contribution in [1.29, 1.82) is 0 Å². The van der Waals surface area contributed by atoms with Crippen LogP contribution in [0.5, 0.6) is 0 Å². The summed E-state index contributed by atoms with van der Waals surface area (Å²) >= 11 is 5.92. The van der Waals surface area contributed by atoms with Crippen molar-refractivity contribution in [2.24, 2.45) is 0 Å². The number of carboxylic acids is 1. The van der Waals surface area contributed by atoms with Crippen molar-refractivity contribution >= 4 is 34.4 Å². The highest BCUT2D eigenvalue weighted by Gasteiger charge is 2.23. The minimum absolute atomic E-state index is 0.0548. The molecule has 0 aliphatic heterocycles. The number of anilines is 1. The minimum atomic E-state index is -0.975. The van der Waals surface area contributed by atoms with Gasteiger partial charge in [0.05, 0.1) is 6.42 Å². The van der Waals surface area contributed by atoms with E-state index in [0.29, 0.717) is 11.3 Å². The Labute approximate surface area is 190 Å². The molecule has 0 spiro atoms. The predicted molar refractivity (Wildman–Crippen MR) is 123 cm³/mol. The summed E-state index contributed by atoms with van der Waals surface area (Å²) < 4.78 is 0. The number of amides is 1. The average molecular weight is 449 g/mol. The van der Waals surface area contributed by atoms with Crippen LogP contribution in [0.25, 0.3) is 11.1 Å². The SMILES string of the molecule is O=C(O)CCNC(=O)c1ccc(NC(C(=O)Cl)c2ccc3c(c2)Cc2ccccc2-3)cc1. The lowest BCUT2D eigenvalue weighted by atomic mass is 9.99. The number of halogens is 1. The Morgan fingerprint density at radius 1 is 0.938 bits per heavy atom. The molecule has 3 N–H and O–H groups in total. The fourth-order valence-corrected chi connectivity index (χ4v) is 4.07. The van der Waals surface area contributed by atoms with Gasteiger partial charge in [-0.05, 0) is 70.1 Å². The second-order valence-corrected chi connectivity index (χ2v) is 7.98. The molecule has 1 atom stereocenters. The Kier molecular flexibility index (Phi) is 6.23. The summed E-state index contributed by atoms with van der Waals surface area (Å²) in [7, 11) is 0. The van der Waals surface area contributed by atoms with Crippen LogP contribution in [0.3, 0.4) is 0 Å². The third kappa shape index (κ3) is 4.65. The predicted octanol–water partition coefficient (Wildman–Crippen LogP) is 4.38. The topological polar surface area (TPSA) is 95.5 Å². The van der Waals surface area contributed by atoms with Gasteiger partial charge in [0, 0.05) is 17.8 Å². The molecule has 1 amide bonds. The number of hydrogen-bond acceptors (Lipinski definition) is 4. The molecule has 3 aromatic rings. The van der Waals surface area contributed by atoms with Gasteiger partial charge in [-0.15, -0.1) is 0 Å². The summed E-state index contributed by atoms with van der Waals surface area (Å²) in [6.45, 7) is 0.0548. The third-order valence-electron chi connectivity index (χ3n) is 5.46. The molecule has 0 saturated carbocycles. The number of benzene rings is 3. The average Bonchev–Trinajstić information content (AvgIpc) is 3.15. The molecule has 0 bridgehead atoms. The molecule has 32 heavy (non-hydrogen) atoms. The zero-order chi connectivity index (χ0) is 22.7. The van der Waals surface area contributed by atoms with Crippen molar-refractivity contribution in [3.63, 3.8) is 0 Å². The van der Waals surface area contributed by atoms with E-state index in [1.807, 2.05) is 30.3 Å². The van der Waals surface area contributed by atoms with Crippen molar-refractivity contribution in [3.8, 4) is 11.1 Å². The number of carbonyl (C=O) groups excluding carboxylic acids is 2. The number of hydrogen-bond donors (Lipinski definition) is 3. The van der Waals surface area contributed by atoms with Gasteiger partial charge in [0.15, 0.2) is 0 Å². The lowest BCUT2D eigenvalue weighted by Crippen LogP contribution is -2.26. The van der Waals surface area contributed by atoms with E-state index in [4.69, 9.17) is 16.7 Å². The van der Waals surface area contributed by atoms with Crippen LogP contribution in [-0.4, -0.2) is 28.8 Å². The lowest BCUT2D eigenvalue weighted by Gasteiger charge is -2.18. The van der Waals surface area contributed by atoms with Crippen LogP contribution in [-0.2, 0) is 16.0 Å². The van der Waals surface area contributed by atoms with Crippen molar-refractivity contribution < 1.29 is 19.5 Å². The molecule has 1 aliphatic carbocycles. The molecule has 7 heteroatoms. The van der Waals surface area contributed by atoms with Gasteiger partial charge in [-0.2, -0.15) is 0 Å². The molecular weight excluding hydrogens is 428 g/mol. The highest BCUT2D eigenvalue weighted by Crippen LogP contribution is 2.38. The van der Waals surface area contributed by atoms with E-state index in [-0.39, 0.29) is 18.9 Å². The fourth-order valence-electron chi connectivity index (χ4n) is 3.89. The maximum Gasteiger partial charge on any atom is 0.305 e. The van der Waals surface area contributed by atoms with Gasteiger partial charge in [0.2, 0.25) is 5.24 Å². The Balaban J connectivity index is 1.48. The summed E-state index contributed by atoms with van der Waals surface area (Å²) in [5, 5.41) is 13.8. The number of carbonyl (C=O) groups is 3. The van der Waals surface area contributed by atoms with Crippen molar-refractivity contribution in [3.05, 3.63) is 89.0 Å². The molecule has 4 rings (SSSR count). The monoisotopic (exact) mass is 448 g/mol. The zero-order valence-electron chi connectivity index (χ0n) is 17.1. The van der Waals surface area contributed by atoms with E-state index in [0.717, 1.165) is 17.5 Å². The molecule has 0 saturated heterocycles. The van der Waals surface area contributed by atoms with Gasteiger partial charge in [0.1, 0.15) is 6.04 Å². The fraction of sp³-hybridized carbons (Fsp3) is 0.160. The molecule has 3 aromatic carbocycles. The van der Waals surface area contributed by atoms with Gasteiger partial charge in [-0.3, -0.25) is 14.4 Å². The second-order valence-electron chi connectivity index (χ2n) is 7.61. The van der Waals surface area contributed by atoms with Crippen molar-refractivity contribution in [2.45, 2.75) is 18.9 Å². The van der Waals surface area contributed by atoms with Gasteiger partial charge >= 0.3 is 5.97 Å². The molecule has 0 aromatic heterocycles. The quantitative estimate of drug-likeness (QED) is 0.348. The van der Waals surface area contributed by atoms with Crippen LogP contribution in [0, 0.1) is 0 Å². The maximum absolute atomic E-state index is 12.2. The number of aliphatic carboxylic acids is 1. The first kappa shape index (κ1) is 21.6. The molecule has 1 aliphatic rings. The zero-order valence-corrected chi connectivity index (χ0v) is 17.9. The van der Waals surface area contributed by atoms with Gasteiger partial charge in [-0.1, -0.05) is 42.5 Å². The maximum atomic E-state index is 12.2. The van der Waals surface area contributed by atoms with E-state index >= 15 is 0 Å². The van der Waals surface area contributed by atoms with Crippen LogP contribution in [0.1, 0.15) is 39.5 Å². The Hall–Kier alpha value is -3.64. The van der Waals surface area contributed by atoms with Gasteiger partial charge in [-0.25, -0.2) is 0 Å². The van der Waals surface area contributed by atoms with Gasteiger partial charge < -0.3 is 15.7 Å². The van der Waals surface area contributed by atoms with Crippen molar-refractivity contribution in [1.82, 2.24) is 5.32 Å². The summed E-state index contributed by atoms with van der Waals surface area (Å²) in [5.74, 6) is -1.34. The molecule has 6 nitrogen and oxygen atoms in total. The minimum Gasteiger partial charge on any atom is -0.481 e. The summed E-state index contributed by atoms with van der Waals surface area (Å²) in [6, 6.07) is 20.0. The van der Waals surface area contributed by atoms with Crippen LogP contribution in [0.4, 0.5) is 5.69 Å². The molecule has 0 heterocycles. The smallest absolute Gasteiger partial charge is 0.305 e. The highest BCUT2D eigenvalue weighted by molar-refractivity contribution is 6.64. The van der Waals surface area contributed by atoms with E-state index in [1.54, 1.807) is 24.3 Å². The first-order valence-electron chi connectivity index (χ1n) is 10.2. The largest absolute Gasteiger partial charge is 0.481 e. The number of nitrogens with one attached hydrogen (secondary N) is 2. The summed E-state index contributed by atoms with van der Waals surface area (Å²) in [4.78, 5) is 34.9. The Bertz CT molecular complexity index is 1190. The van der Waals surface area contributed by atoms with E-state index in [1.165, 1.54) is 16.7 Å². The van der Waals surface area contributed by atoms with Gasteiger partial charge in [0.25, 0.3) is 5.91 Å².